The highest BCUT2D eigenvalue weighted by Gasteiger charge is 2.16. The molecule has 0 saturated heterocycles. The van der Waals surface area contributed by atoms with E-state index in [1.165, 1.54) is 56.7 Å². The molecule has 3 aromatic carbocycles. The van der Waals surface area contributed by atoms with Crippen LogP contribution < -0.4 is 10.6 Å². The first-order valence-corrected chi connectivity index (χ1v) is 10.6. The van der Waals surface area contributed by atoms with E-state index in [9.17, 15) is 27.9 Å². The molecule has 0 unspecified atom stereocenters. The molecule has 2 amide bonds. The minimum Gasteiger partial charge on any atom is -0.507 e. The average Bonchev–Trinajstić information content (AvgIpc) is 2.77. The maximum atomic E-state index is 12.5. The Morgan fingerprint density at radius 2 is 1.39 bits per heavy atom. The van der Waals surface area contributed by atoms with Gasteiger partial charge in [-0.25, -0.2) is 14.4 Å². The Morgan fingerprint density at radius 3 is 1.94 bits per heavy atom. The van der Waals surface area contributed by atoms with Crippen LogP contribution in [0.2, 0.25) is 0 Å². The number of methoxy groups -OCH3 is 2. The van der Waals surface area contributed by atoms with Gasteiger partial charge in [0.25, 0.3) is 10.1 Å². The normalized spacial score (nSPS) is 11.0. The Balaban J connectivity index is 1.86. The Bertz CT molecular complexity index is 1350. The Hall–Kier alpha value is -4.16. The van der Waals surface area contributed by atoms with Crippen LogP contribution in [0.25, 0.3) is 10.8 Å². The minimum atomic E-state index is -4.51. The molecule has 0 heterocycles. The lowest BCUT2D eigenvalue weighted by Gasteiger charge is -2.12. The summed E-state index contributed by atoms with van der Waals surface area (Å²) in [7, 11) is -2.17. The summed E-state index contributed by atoms with van der Waals surface area (Å²) in [6.07, 6.45) is 0. The zero-order chi connectivity index (χ0) is 24.3. The number of ether oxygens (including phenoxy) is 2. The smallest absolute Gasteiger partial charge is 0.337 e. The second kappa shape index (κ2) is 9.14. The summed E-state index contributed by atoms with van der Waals surface area (Å²) in [5.74, 6) is -1.87. The van der Waals surface area contributed by atoms with Crippen molar-refractivity contribution in [3.05, 3.63) is 59.7 Å². The largest absolute Gasteiger partial charge is 0.507 e. The van der Waals surface area contributed by atoms with Crippen LogP contribution >= 0.6 is 0 Å². The van der Waals surface area contributed by atoms with E-state index in [-0.39, 0.29) is 27.9 Å². The number of esters is 2. The quantitative estimate of drug-likeness (QED) is 0.321. The molecule has 0 aliphatic rings. The number of urea groups is 1. The summed E-state index contributed by atoms with van der Waals surface area (Å²) in [6, 6.07) is 9.46. The van der Waals surface area contributed by atoms with Crippen molar-refractivity contribution in [2.24, 2.45) is 0 Å². The average molecular weight is 474 g/mol. The first kappa shape index (κ1) is 23.5. The van der Waals surface area contributed by atoms with Gasteiger partial charge in [0.15, 0.2) is 0 Å². The standard InChI is InChI=1S/C21H18N2O9S/c1-31-19(25)12-5-13(20(26)32-2)7-15(6-12)23-21(27)22-14-4-3-11-8-16(33(28,29)30)10-18(24)17(11)9-14/h3-10,24H,1-2H3,(H2,22,23,27)(H,28,29,30). The van der Waals surface area contributed by atoms with E-state index in [0.29, 0.717) is 5.39 Å². The molecule has 33 heavy (non-hydrogen) atoms. The lowest BCUT2D eigenvalue weighted by atomic mass is 10.1. The summed E-state index contributed by atoms with van der Waals surface area (Å²) >= 11 is 0. The number of aromatic hydroxyl groups is 1. The zero-order valence-corrected chi connectivity index (χ0v) is 18.1. The number of hydrogen-bond donors (Lipinski definition) is 4. The number of nitrogens with one attached hydrogen (secondary N) is 2. The van der Waals surface area contributed by atoms with Crippen molar-refractivity contribution in [1.29, 1.82) is 0 Å². The van der Waals surface area contributed by atoms with Gasteiger partial charge in [0.2, 0.25) is 0 Å². The first-order chi connectivity index (χ1) is 15.5. The number of hydrogen-bond acceptors (Lipinski definition) is 8. The van der Waals surface area contributed by atoms with E-state index >= 15 is 0 Å². The van der Waals surface area contributed by atoms with Crippen LogP contribution in [-0.2, 0) is 19.6 Å². The lowest BCUT2D eigenvalue weighted by molar-refractivity contribution is 0.0599. The van der Waals surface area contributed by atoms with Crippen LogP contribution in [0.15, 0.2) is 53.4 Å². The van der Waals surface area contributed by atoms with Gasteiger partial charge in [-0.1, -0.05) is 6.07 Å². The van der Waals surface area contributed by atoms with Crippen LogP contribution in [0.4, 0.5) is 16.2 Å². The third-order valence-electron chi connectivity index (χ3n) is 4.49. The fourth-order valence-electron chi connectivity index (χ4n) is 3.00. The molecule has 11 nitrogen and oxygen atoms in total. The predicted octanol–water partition coefficient (Wildman–Crippen LogP) is 3.01. The van der Waals surface area contributed by atoms with E-state index < -0.39 is 38.7 Å². The molecular formula is C21H18N2O9S. The molecular weight excluding hydrogens is 456 g/mol. The molecule has 0 fully saturated rings. The van der Waals surface area contributed by atoms with Crippen LogP contribution in [0.1, 0.15) is 20.7 Å². The fraction of sp³-hybridized carbons (Fsp3) is 0.0952. The summed E-state index contributed by atoms with van der Waals surface area (Å²) in [5.41, 5.74) is 0.381. The molecule has 3 aromatic rings. The molecule has 3 rings (SSSR count). The zero-order valence-electron chi connectivity index (χ0n) is 17.3. The number of fused-ring (bicyclic) bond motifs is 1. The van der Waals surface area contributed by atoms with Gasteiger partial charge >= 0.3 is 18.0 Å². The molecule has 0 spiro atoms. The summed E-state index contributed by atoms with van der Waals surface area (Å²) in [4.78, 5) is 35.7. The molecule has 0 aliphatic heterocycles. The van der Waals surface area contributed by atoms with Gasteiger partial charge in [0.1, 0.15) is 5.75 Å². The number of phenolic OH excluding ortho intramolecular Hbond substituents is 1. The van der Waals surface area contributed by atoms with Crippen molar-refractivity contribution in [3.8, 4) is 5.75 Å². The van der Waals surface area contributed by atoms with E-state index in [1.54, 1.807) is 0 Å². The van der Waals surface area contributed by atoms with E-state index in [0.717, 1.165) is 6.07 Å². The molecule has 172 valence electrons. The van der Waals surface area contributed by atoms with E-state index in [1.807, 2.05) is 0 Å². The number of carbonyl (C=O) groups excluding carboxylic acids is 3. The van der Waals surface area contributed by atoms with Crippen molar-refractivity contribution in [1.82, 2.24) is 0 Å². The fourth-order valence-corrected chi connectivity index (χ4v) is 3.54. The number of anilines is 2. The number of rotatable bonds is 5. The topological polar surface area (TPSA) is 168 Å². The van der Waals surface area contributed by atoms with Crippen molar-refractivity contribution in [2.75, 3.05) is 24.9 Å². The number of benzene rings is 3. The van der Waals surface area contributed by atoms with Gasteiger partial charge < -0.3 is 25.2 Å². The number of phenols is 1. The molecule has 12 heteroatoms. The third kappa shape index (κ3) is 5.37. The Kier molecular flexibility index (Phi) is 6.51. The lowest BCUT2D eigenvalue weighted by Crippen LogP contribution is -2.20. The van der Waals surface area contributed by atoms with Gasteiger partial charge in [0.05, 0.1) is 30.2 Å². The molecule has 0 bridgehead atoms. The summed E-state index contributed by atoms with van der Waals surface area (Å²) in [5, 5.41) is 15.7. The Labute approximate surface area is 187 Å². The van der Waals surface area contributed by atoms with Crippen molar-refractivity contribution >= 4 is 50.2 Å². The number of carbonyl (C=O) groups is 3. The highest BCUT2D eigenvalue weighted by molar-refractivity contribution is 7.85. The number of amides is 2. The molecule has 0 aromatic heterocycles. The predicted molar refractivity (Wildman–Crippen MR) is 117 cm³/mol. The van der Waals surface area contributed by atoms with Crippen LogP contribution in [0.5, 0.6) is 5.75 Å². The van der Waals surface area contributed by atoms with Crippen molar-refractivity contribution in [2.45, 2.75) is 4.90 Å². The monoisotopic (exact) mass is 474 g/mol. The molecule has 4 N–H and O–H groups in total. The molecule has 0 atom stereocenters. The van der Waals surface area contributed by atoms with Gasteiger partial charge in [-0.2, -0.15) is 8.42 Å². The van der Waals surface area contributed by atoms with Gasteiger partial charge in [-0.15, -0.1) is 0 Å². The van der Waals surface area contributed by atoms with Crippen LogP contribution in [-0.4, -0.2) is 50.3 Å². The maximum absolute atomic E-state index is 12.5. The highest BCUT2D eigenvalue weighted by Crippen LogP contribution is 2.31. The maximum Gasteiger partial charge on any atom is 0.337 e. The Morgan fingerprint density at radius 1 is 0.818 bits per heavy atom. The summed E-state index contributed by atoms with van der Waals surface area (Å²) in [6.45, 7) is 0. The summed E-state index contributed by atoms with van der Waals surface area (Å²) < 4.78 is 41.1. The second-order valence-corrected chi connectivity index (χ2v) is 8.14. The molecule has 0 radical (unpaired) electrons. The molecule has 0 saturated carbocycles. The minimum absolute atomic E-state index is 0.0148. The molecule has 0 aliphatic carbocycles. The van der Waals surface area contributed by atoms with Crippen molar-refractivity contribution in [3.63, 3.8) is 0 Å². The van der Waals surface area contributed by atoms with E-state index in [4.69, 9.17) is 4.55 Å². The first-order valence-electron chi connectivity index (χ1n) is 9.16. The van der Waals surface area contributed by atoms with E-state index in [2.05, 4.69) is 20.1 Å². The van der Waals surface area contributed by atoms with Gasteiger partial charge in [-0.3, -0.25) is 4.55 Å². The second-order valence-electron chi connectivity index (χ2n) is 6.71. The van der Waals surface area contributed by atoms with Crippen molar-refractivity contribution < 1.29 is 41.9 Å². The third-order valence-corrected chi connectivity index (χ3v) is 5.33. The van der Waals surface area contributed by atoms with Gasteiger partial charge in [-0.05, 0) is 41.8 Å². The van der Waals surface area contributed by atoms with Crippen LogP contribution in [0.3, 0.4) is 0 Å². The van der Waals surface area contributed by atoms with Crippen LogP contribution in [0, 0.1) is 0 Å². The van der Waals surface area contributed by atoms with Gasteiger partial charge in [0, 0.05) is 22.8 Å². The highest BCUT2D eigenvalue weighted by atomic mass is 32.2. The SMILES string of the molecule is COC(=O)c1cc(NC(=O)Nc2ccc3cc(S(=O)(=O)O)cc(O)c3c2)cc(C(=O)OC)c1.